The zero-order valence-corrected chi connectivity index (χ0v) is 15.3. The summed E-state index contributed by atoms with van der Waals surface area (Å²) in [7, 11) is 3.57. The number of rotatable bonds is 5. The Morgan fingerprint density at radius 1 is 1.52 bits per heavy atom. The molecule has 0 radical (unpaired) electrons. The highest BCUT2D eigenvalue weighted by atomic mass is 16.5. The Morgan fingerprint density at radius 2 is 2.24 bits per heavy atom. The maximum absolute atomic E-state index is 8.58. The van der Waals surface area contributed by atoms with Crippen molar-refractivity contribution >= 4 is 23.8 Å². The highest BCUT2D eigenvalue weighted by molar-refractivity contribution is 5.96. The zero-order chi connectivity index (χ0) is 18.7. The number of hydrogen-bond donors (Lipinski definition) is 4. The van der Waals surface area contributed by atoms with Crippen molar-refractivity contribution in [3.8, 4) is 0 Å². The third kappa shape index (κ3) is 6.78. The second-order valence-corrected chi connectivity index (χ2v) is 5.66. The summed E-state index contributed by atoms with van der Waals surface area (Å²) in [6.07, 6.45) is 5.38. The fraction of sp³-hybridized carbons (Fsp3) is 0.529. The van der Waals surface area contributed by atoms with Gasteiger partial charge < -0.3 is 31.0 Å². The lowest BCUT2D eigenvalue weighted by Crippen LogP contribution is -2.24. The van der Waals surface area contributed by atoms with Gasteiger partial charge in [0, 0.05) is 26.3 Å². The lowest BCUT2D eigenvalue weighted by Gasteiger charge is -2.23. The molecule has 2 rings (SSSR count). The molecule has 1 aromatic heterocycles. The Balaban J connectivity index is 0.000000970. The molecular formula is C17H30N6O2. The van der Waals surface area contributed by atoms with E-state index in [-0.39, 0.29) is 6.41 Å². The number of nitrogens with zero attached hydrogens (tertiary/aromatic N) is 2. The second kappa shape index (κ2) is 11.0. The number of primary amides is 1. The Hall–Kier alpha value is -2.64. The number of aromatic amines is 1. The molecule has 1 unspecified atom stereocenters. The van der Waals surface area contributed by atoms with Crippen LogP contribution in [0.15, 0.2) is 29.7 Å². The standard InChI is InChI=1S/C16H27N5O.CH3NO/c1-12(20-15-7-9-18-16(15)17-3)19-14-6-5-10-21(11-8-14)13(2)22-4;2-1-3/h7,9,14,17-18H,2,5-6,8,10-11H2,1,3-4H3,(H,19,20);1H,(H2,2,3). The molecule has 0 aromatic carbocycles. The predicted molar refractivity (Wildman–Crippen MR) is 103 cm³/mol. The molecule has 1 amide bonds. The number of ether oxygens (including phenoxy) is 1. The molecule has 1 aliphatic rings. The van der Waals surface area contributed by atoms with Crippen LogP contribution in [0.3, 0.4) is 0 Å². The Labute approximate surface area is 149 Å². The van der Waals surface area contributed by atoms with Gasteiger partial charge in [-0.3, -0.25) is 9.79 Å². The summed E-state index contributed by atoms with van der Waals surface area (Å²) in [5.41, 5.74) is 5.19. The first kappa shape index (κ1) is 20.4. The molecule has 0 aliphatic carbocycles. The largest absolute Gasteiger partial charge is 0.483 e. The average molecular weight is 350 g/mol. The summed E-state index contributed by atoms with van der Waals surface area (Å²) >= 11 is 0. The van der Waals surface area contributed by atoms with E-state index in [1.165, 1.54) is 0 Å². The molecule has 8 nitrogen and oxygen atoms in total. The minimum Gasteiger partial charge on any atom is -0.483 e. The number of carbonyl (C=O) groups is 1. The fourth-order valence-corrected chi connectivity index (χ4v) is 2.77. The number of methoxy groups -OCH3 is 1. The van der Waals surface area contributed by atoms with Crippen LogP contribution in [0.2, 0.25) is 0 Å². The molecular weight excluding hydrogens is 320 g/mol. The number of amidine groups is 1. The normalized spacial score (nSPS) is 17.6. The van der Waals surface area contributed by atoms with Crippen molar-refractivity contribution in [2.24, 2.45) is 10.7 Å². The van der Waals surface area contributed by atoms with Gasteiger partial charge >= 0.3 is 0 Å². The summed E-state index contributed by atoms with van der Waals surface area (Å²) in [5, 5.41) is 6.47. The van der Waals surface area contributed by atoms with E-state index < -0.39 is 0 Å². The molecule has 1 fully saturated rings. The van der Waals surface area contributed by atoms with Crippen molar-refractivity contribution in [2.75, 3.05) is 37.9 Å². The van der Waals surface area contributed by atoms with Crippen molar-refractivity contribution in [2.45, 2.75) is 32.2 Å². The Kier molecular flexibility index (Phi) is 8.99. The number of amides is 1. The summed E-state index contributed by atoms with van der Waals surface area (Å²) in [4.78, 5) is 18.8. The summed E-state index contributed by atoms with van der Waals surface area (Å²) < 4.78 is 5.23. The predicted octanol–water partition coefficient (Wildman–Crippen LogP) is 1.96. The number of H-pyrrole nitrogens is 1. The SMILES string of the molecule is C=C(OC)N1CCCC(N=C(C)Nc2cc[nH]c2NC)CC1.NC=O. The number of aliphatic imine (C=N–C) groups is 1. The topological polar surface area (TPSA) is 108 Å². The number of anilines is 2. The fourth-order valence-electron chi connectivity index (χ4n) is 2.77. The van der Waals surface area contributed by atoms with Crippen LogP contribution < -0.4 is 16.4 Å². The minimum atomic E-state index is 0.250. The van der Waals surface area contributed by atoms with Crippen molar-refractivity contribution in [1.82, 2.24) is 9.88 Å². The van der Waals surface area contributed by atoms with E-state index >= 15 is 0 Å². The number of hydrogen-bond acceptors (Lipinski definition) is 5. The van der Waals surface area contributed by atoms with Gasteiger partial charge in [0.1, 0.15) is 5.82 Å². The van der Waals surface area contributed by atoms with E-state index in [1.807, 2.05) is 26.2 Å². The zero-order valence-electron chi connectivity index (χ0n) is 15.3. The van der Waals surface area contributed by atoms with Gasteiger partial charge in [0.05, 0.1) is 24.7 Å². The maximum Gasteiger partial charge on any atom is 0.204 e. The van der Waals surface area contributed by atoms with Gasteiger partial charge in [0.25, 0.3) is 0 Å². The molecule has 2 heterocycles. The first-order valence-electron chi connectivity index (χ1n) is 8.35. The van der Waals surface area contributed by atoms with Gasteiger partial charge in [-0.25, -0.2) is 0 Å². The van der Waals surface area contributed by atoms with E-state index in [9.17, 15) is 0 Å². The van der Waals surface area contributed by atoms with E-state index in [1.54, 1.807) is 7.11 Å². The first-order chi connectivity index (χ1) is 12.0. The Bertz CT molecular complexity index is 569. The molecule has 0 saturated carbocycles. The van der Waals surface area contributed by atoms with Crippen molar-refractivity contribution in [3.05, 3.63) is 24.7 Å². The summed E-state index contributed by atoms with van der Waals surface area (Å²) in [6, 6.07) is 2.35. The molecule has 0 bridgehead atoms. The first-order valence-corrected chi connectivity index (χ1v) is 8.35. The van der Waals surface area contributed by atoms with Crippen LogP contribution in [0.4, 0.5) is 11.5 Å². The van der Waals surface area contributed by atoms with Gasteiger partial charge in [0.2, 0.25) is 6.41 Å². The summed E-state index contributed by atoms with van der Waals surface area (Å²) in [5.74, 6) is 2.67. The average Bonchev–Trinajstić information content (AvgIpc) is 2.91. The van der Waals surface area contributed by atoms with E-state index in [2.05, 4.69) is 32.8 Å². The molecule has 1 atom stereocenters. The van der Waals surface area contributed by atoms with Crippen LogP contribution in [-0.2, 0) is 9.53 Å². The number of aromatic nitrogens is 1. The van der Waals surface area contributed by atoms with Crippen molar-refractivity contribution in [3.63, 3.8) is 0 Å². The quantitative estimate of drug-likeness (QED) is 0.281. The lowest BCUT2D eigenvalue weighted by molar-refractivity contribution is -0.106. The molecule has 0 spiro atoms. The van der Waals surface area contributed by atoms with Gasteiger partial charge in [-0.15, -0.1) is 0 Å². The van der Waals surface area contributed by atoms with Crippen LogP contribution in [-0.4, -0.2) is 55.4 Å². The number of likely N-dealkylation sites (tertiary alicyclic amines) is 1. The monoisotopic (exact) mass is 350 g/mol. The van der Waals surface area contributed by atoms with Crippen molar-refractivity contribution < 1.29 is 9.53 Å². The van der Waals surface area contributed by atoms with Gasteiger partial charge in [-0.05, 0) is 38.8 Å². The minimum absolute atomic E-state index is 0.250. The number of nitrogens with one attached hydrogen (secondary N) is 3. The van der Waals surface area contributed by atoms with Crippen LogP contribution in [0.25, 0.3) is 0 Å². The van der Waals surface area contributed by atoms with Crippen LogP contribution in [0, 0.1) is 0 Å². The van der Waals surface area contributed by atoms with Gasteiger partial charge in [-0.1, -0.05) is 0 Å². The van der Waals surface area contributed by atoms with Crippen LogP contribution in [0.5, 0.6) is 0 Å². The number of nitrogens with two attached hydrogens (primary N) is 1. The van der Waals surface area contributed by atoms with E-state index in [4.69, 9.17) is 14.5 Å². The molecule has 8 heteroatoms. The third-order valence-corrected chi connectivity index (χ3v) is 3.97. The van der Waals surface area contributed by atoms with Gasteiger partial charge in [0.15, 0.2) is 5.88 Å². The second-order valence-electron chi connectivity index (χ2n) is 5.66. The van der Waals surface area contributed by atoms with Crippen LogP contribution >= 0.6 is 0 Å². The number of carbonyl (C=O) groups excluding carboxylic acids is 1. The molecule has 25 heavy (non-hydrogen) atoms. The molecule has 5 N–H and O–H groups in total. The highest BCUT2D eigenvalue weighted by Gasteiger charge is 2.17. The van der Waals surface area contributed by atoms with E-state index in [0.29, 0.717) is 6.04 Å². The summed E-state index contributed by atoms with van der Waals surface area (Å²) in [6.45, 7) is 7.89. The van der Waals surface area contributed by atoms with E-state index in [0.717, 1.165) is 55.6 Å². The maximum atomic E-state index is 8.58. The molecule has 1 aromatic rings. The lowest BCUT2D eigenvalue weighted by atomic mass is 10.1. The smallest absolute Gasteiger partial charge is 0.204 e. The van der Waals surface area contributed by atoms with Crippen LogP contribution in [0.1, 0.15) is 26.2 Å². The molecule has 1 saturated heterocycles. The third-order valence-electron chi connectivity index (χ3n) is 3.97. The molecule has 1 aliphatic heterocycles. The van der Waals surface area contributed by atoms with Crippen molar-refractivity contribution in [1.29, 1.82) is 0 Å². The highest BCUT2D eigenvalue weighted by Crippen LogP contribution is 2.20. The molecule has 140 valence electrons. The Morgan fingerprint density at radius 3 is 2.88 bits per heavy atom. The van der Waals surface area contributed by atoms with Gasteiger partial charge in [-0.2, -0.15) is 0 Å².